The molecule has 1 aromatic carbocycles. The first-order chi connectivity index (χ1) is 8.76. The number of benzene rings is 1. The van der Waals surface area contributed by atoms with Crippen molar-refractivity contribution in [3.63, 3.8) is 0 Å². The third kappa shape index (κ3) is 4.27. The van der Waals surface area contributed by atoms with Crippen LogP contribution >= 0.6 is 0 Å². The predicted molar refractivity (Wildman–Crippen MR) is 63.9 cm³/mol. The van der Waals surface area contributed by atoms with Crippen LogP contribution in [0.15, 0.2) is 12.1 Å². The average Bonchev–Trinajstić information content (AvgIpc) is 2.29. The molecule has 0 heterocycles. The van der Waals surface area contributed by atoms with Crippen molar-refractivity contribution in [1.29, 1.82) is 0 Å². The molecule has 0 aliphatic heterocycles. The number of non-ortho nitro benzene ring substituents is 1. The zero-order valence-electron chi connectivity index (χ0n) is 10.1. The number of hydrogen-bond donors (Lipinski definition) is 1. The SMILES string of the molecule is CCO.Cc1c([N+](=O)[O-])cc([N+](=O)[O-])cc1[N+](=O)[O-]. The van der Waals surface area contributed by atoms with Crippen molar-refractivity contribution in [2.45, 2.75) is 13.8 Å². The zero-order chi connectivity index (χ0) is 15.2. The van der Waals surface area contributed by atoms with E-state index in [1.807, 2.05) is 0 Å². The second kappa shape index (κ2) is 6.96. The molecule has 104 valence electrons. The van der Waals surface area contributed by atoms with E-state index in [0.717, 1.165) is 0 Å². The lowest BCUT2D eigenvalue weighted by Crippen LogP contribution is -2.00. The summed E-state index contributed by atoms with van der Waals surface area (Å²) in [4.78, 5) is 28.8. The van der Waals surface area contributed by atoms with Crippen molar-refractivity contribution < 1.29 is 19.9 Å². The summed E-state index contributed by atoms with van der Waals surface area (Å²) in [6.45, 7) is 3.10. The lowest BCUT2D eigenvalue weighted by Gasteiger charge is -1.99. The largest absolute Gasteiger partial charge is 0.397 e. The summed E-state index contributed by atoms with van der Waals surface area (Å²) in [5.41, 5.74) is -2.16. The van der Waals surface area contributed by atoms with Crippen molar-refractivity contribution in [2.24, 2.45) is 0 Å². The van der Waals surface area contributed by atoms with Crippen LogP contribution in [0.4, 0.5) is 17.1 Å². The van der Waals surface area contributed by atoms with Crippen LogP contribution in [0.3, 0.4) is 0 Å². The molecule has 0 aliphatic carbocycles. The molecule has 0 amide bonds. The molecule has 10 nitrogen and oxygen atoms in total. The second-order valence-electron chi connectivity index (χ2n) is 3.20. The van der Waals surface area contributed by atoms with Gasteiger partial charge in [-0.05, 0) is 13.8 Å². The number of nitrogens with zero attached hydrogens (tertiary/aromatic N) is 3. The van der Waals surface area contributed by atoms with Gasteiger partial charge >= 0.3 is 0 Å². The van der Waals surface area contributed by atoms with Crippen LogP contribution in [-0.4, -0.2) is 26.5 Å². The molecule has 0 spiro atoms. The number of nitro benzene ring substituents is 3. The van der Waals surface area contributed by atoms with Crippen LogP contribution in [0, 0.1) is 37.3 Å². The molecule has 10 heteroatoms. The number of rotatable bonds is 3. The van der Waals surface area contributed by atoms with E-state index in [4.69, 9.17) is 5.11 Å². The molecule has 0 saturated carbocycles. The molecule has 1 rings (SSSR count). The molecule has 0 saturated heterocycles. The summed E-state index contributed by atoms with van der Waals surface area (Å²) in [6.07, 6.45) is 0. The molecular formula is C9H11N3O7. The minimum Gasteiger partial charge on any atom is -0.397 e. The minimum atomic E-state index is -0.917. The monoisotopic (exact) mass is 273 g/mol. The second-order valence-corrected chi connectivity index (χ2v) is 3.20. The smallest absolute Gasteiger partial charge is 0.286 e. The maximum atomic E-state index is 10.5. The van der Waals surface area contributed by atoms with Gasteiger partial charge in [0.15, 0.2) is 0 Å². The molecule has 0 unspecified atom stereocenters. The molecule has 19 heavy (non-hydrogen) atoms. The molecule has 0 aliphatic rings. The molecular weight excluding hydrogens is 262 g/mol. The maximum Gasteiger partial charge on any atom is 0.286 e. The summed E-state index contributed by atoms with van der Waals surface area (Å²) >= 11 is 0. The van der Waals surface area contributed by atoms with Gasteiger partial charge in [-0.15, -0.1) is 0 Å². The highest BCUT2D eigenvalue weighted by molar-refractivity contribution is 5.59. The van der Waals surface area contributed by atoms with Gasteiger partial charge in [0.05, 0.1) is 26.9 Å². The molecule has 1 N–H and O–H groups in total. The lowest BCUT2D eigenvalue weighted by molar-refractivity contribution is -0.403. The van der Waals surface area contributed by atoms with Gasteiger partial charge in [0.25, 0.3) is 17.1 Å². The van der Waals surface area contributed by atoms with E-state index in [1.165, 1.54) is 6.92 Å². The van der Waals surface area contributed by atoms with E-state index in [1.54, 1.807) is 6.92 Å². The third-order valence-electron chi connectivity index (χ3n) is 1.94. The Morgan fingerprint density at radius 1 is 1.00 bits per heavy atom. The Balaban J connectivity index is 0.000000982. The van der Waals surface area contributed by atoms with E-state index in [9.17, 15) is 30.3 Å². The molecule has 1 aromatic rings. The zero-order valence-corrected chi connectivity index (χ0v) is 10.1. The minimum absolute atomic E-state index is 0.208. The number of hydrogen-bond acceptors (Lipinski definition) is 7. The average molecular weight is 273 g/mol. The Hall–Kier alpha value is -2.62. The van der Waals surface area contributed by atoms with Crippen molar-refractivity contribution in [3.05, 3.63) is 48.0 Å². The number of aliphatic hydroxyl groups excluding tert-OH is 1. The van der Waals surface area contributed by atoms with E-state index in [-0.39, 0.29) is 12.2 Å². The molecule has 0 atom stereocenters. The fourth-order valence-electron chi connectivity index (χ4n) is 1.15. The van der Waals surface area contributed by atoms with Crippen LogP contribution in [0.5, 0.6) is 0 Å². The first-order valence-electron chi connectivity index (χ1n) is 4.94. The Morgan fingerprint density at radius 2 is 1.32 bits per heavy atom. The van der Waals surface area contributed by atoms with Gasteiger partial charge in [0, 0.05) is 6.61 Å². The van der Waals surface area contributed by atoms with E-state index < -0.39 is 31.8 Å². The van der Waals surface area contributed by atoms with E-state index >= 15 is 0 Å². The third-order valence-corrected chi connectivity index (χ3v) is 1.94. The van der Waals surface area contributed by atoms with Gasteiger partial charge in [-0.2, -0.15) is 0 Å². The van der Waals surface area contributed by atoms with Crippen molar-refractivity contribution >= 4 is 17.1 Å². The van der Waals surface area contributed by atoms with Crippen LogP contribution in [0.2, 0.25) is 0 Å². The van der Waals surface area contributed by atoms with Crippen molar-refractivity contribution in [2.75, 3.05) is 6.61 Å². The van der Waals surface area contributed by atoms with Gasteiger partial charge in [0.1, 0.15) is 5.56 Å². The Bertz CT molecular complexity index is 480. The molecule has 0 aromatic heterocycles. The van der Waals surface area contributed by atoms with Gasteiger partial charge in [0.2, 0.25) is 0 Å². The summed E-state index contributed by atoms with van der Waals surface area (Å²) < 4.78 is 0. The Labute approximate surface area is 106 Å². The first kappa shape index (κ1) is 16.4. The lowest BCUT2D eigenvalue weighted by atomic mass is 10.1. The quantitative estimate of drug-likeness (QED) is 0.650. The van der Waals surface area contributed by atoms with E-state index in [2.05, 4.69) is 0 Å². The molecule has 0 fully saturated rings. The summed E-state index contributed by atoms with van der Waals surface area (Å²) in [5.74, 6) is 0. The Morgan fingerprint density at radius 3 is 1.53 bits per heavy atom. The Kier molecular flexibility index (Phi) is 6.00. The fourth-order valence-corrected chi connectivity index (χ4v) is 1.15. The highest BCUT2D eigenvalue weighted by Gasteiger charge is 2.27. The highest BCUT2D eigenvalue weighted by Crippen LogP contribution is 2.32. The molecule has 0 bridgehead atoms. The normalized spacial score (nSPS) is 9.21. The molecule has 0 radical (unpaired) electrons. The number of aliphatic hydroxyl groups is 1. The van der Waals surface area contributed by atoms with Crippen LogP contribution in [-0.2, 0) is 0 Å². The van der Waals surface area contributed by atoms with Gasteiger partial charge in [-0.3, -0.25) is 30.3 Å². The van der Waals surface area contributed by atoms with E-state index in [0.29, 0.717) is 12.1 Å². The fraction of sp³-hybridized carbons (Fsp3) is 0.333. The van der Waals surface area contributed by atoms with Crippen LogP contribution in [0.25, 0.3) is 0 Å². The van der Waals surface area contributed by atoms with Gasteiger partial charge < -0.3 is 5.11 Å². The van der Waals surface area contributed by atoms with Gasteiger partial charge in [-0.1, -0.05) is 0 Å². The van der Waals surface area contributed by atoms with Crippen LogP contribution < -0.4 is 0 Å². The van der Waals surface area contributed by atoms with Crippen LogP contribution in [0.1, 0.15) is 12.5 Å². The topological polar surface area (TPSA) is 150 Å². The van der Waals surface area contributed by atoms with Crippen molar-refractivity contribution in [3.8, 4) is 0 Å². The highest BCUT2D eigenvalue weighted by atomic mass is 16.6. The summed E-state index contributed by atoms with van der Waals surface area (Å²) in [6, 6.07) is 1.39. The maximum absolute atomic E-state index is 10.5. The first-order valence-corrected chi connectivity index (χ1v) is 4.94. The standard InChI is InChI=1S/C7H5N3O6.C2H6O/c1-4-6(9(13)14)2-5(8(11)12)3-7(4)10(15)16;1-2-3/h2-3H,1H3;3H,2H2,1H3. The van der Waals surface area contributed by atoms with Crippen molar-refractivity contribution in [1.82, 2.24) is 0 Å². The summed E-state index contributed by atoms with van der Waals surface area (Å²) in [7, 11) is 0. The number of nitro groups is 3. The summed E-state index contributed by atoms with van der Waals surface area (Å²) in [5, 5.41) is 39.1. The predicted octanol–water partition coefficient (Wildman–Crippen LogP) is 1.72. The van der Waals surface area contributed by atoms with Gasteiger partial charge in [-0.25, -0.2) is 0 Å².